The first kappa shape index (κ1) is 40.9. The number of nitrogens with two attached hydrogens (primary N) is 1. The predicted octanol–water partition coefficient (Wildman–Crippen LogP) is 7.02. The molecule has 2 amide bonds. The topological polar surface area (TPSA) is 92.9 Å². The second kappa shape index (κ2) is 24.3. The molecule has 1 aromatic rings. The Labute approximate surface area is 257 Å². The summed E-state index contributed by atoms with van der Waals surface area (Å²) < 4.78 is 19.8. The smallest absolute Gasteiger partial charge is 0.249 e. The number of primary amides is 1. The lowest BCUT2D eigenvalue weighted by Crippen LogP contribution is -2.53. The molecule has 3 rings (SSSR count). The maximum Gasteiger partial charge on any atom is 0.249 e. The number of ether oxygens (including phenoxy) is 1. The predicted molar refractivity (Wildman–Crippen MR) is 176 cm³/mol. The Hall–Kier alpha value is -2.26. The van der Waals surface area contributed by atoms with Gasteiger partial charge in [-0.05, 0) is 57.9 Å². The van der Waals surface area contributed by atoms with Gasteiger partial charge < -0.3 is 15.4 Å². The minimum absolute atomic E-state index is 0.00442. The van der Waals surface area contributed by atoms with E-state index in [4.69, 9.17) is 16.3 Å². The fraction of sp³-hybridized carbons (Fsp3) is 0.562. The highest BCUT2D eigenvalue weighted by Gasteiger charge is 2.37. The molecule has 1 aromatic carbocycles. The van der Waals surface area contributed by atoms with Gasteiger partial charge >= 0.3 is 0 Å². The Kier molecular flexibility index (Phi) is 24.3. The van der Waals surface area contributed by atoms with Crippen LogP contribution in [-0.4, -0.2) is 63.3 Å². The molecule has 1 aliphatic carbocycles. The Morgan fingerprint density at radius 3 is 2.15 bits per heavy atom. The van der Waals surface area contributed by atoms with Gasteiger partial charge in [0.25, 0.3) is 0 Å². The van der Waals surface area contributed by atoms with Crippen LogP contribution in [-0.2, 0) is 25.3 Å². The molecule has 0 radical (unpaired) electrons. The van der Waals surface area contributed by atoms with E-state index >= 15 is 0 Å². The van der Waals surface area contributed by atoms with Gasteiger partial charge in [-0.25, -0.2) is 8.51 Å². The molecule has 3 unspecified atom stereocenters. The fourth-order valence-electron chi connectivity index (χ4n) is 3.62. The lowest BCUT2D eigenvalue weighted by Gasteiger charge is -2.42. The first-order chi connectivity index (χ1) is 19.5. The van der Waals surface area contributed by atoms with E-state index < -0.39 is 11.0 Å². The quantitative estimate of drug-likeness (QED) is 0.304. The first-order valence-corrected chi connectivity index (χ1v) is 16.0. The van der Waals surface area contributed by atoms with Gasteiger partial charge in [-0.3, -0.25) is 9.59 Å². The van der Waals surface area contributed by atoms with Crippen molar-refractivity contribution in [1.82, 2.24) is 9.21 Å². The van der Waals surface area contributed by atoms with Crippen LogP contribution in [0, 0.1) is 0 Å². The number of carbonyl (C=O) groups excluding carboxylic acids is 2. The molecule has 1 heterocycles. The van der Waals surface area contributed by atoms with Crippen LogP contribution >= 0.6 is 11.6 Å². The van der Waals surface area contributed by atoms with Crippen LogP contribution in [0.3, 0.4) is 0 Å². The minimum Gasteiger partial charge on any atom is -0.370 e. The molecule has 9 heteroatoms. The molecule has 2 N–H and O–H groups in total. The second-order valence-corrected chi connectivity index (χ2v) is 11.5. The molecular formula is C32H54ClN3O4S. The monoisotopic (exact) mass is 611 g/mol. The van der Waals surface area contributed by atoms with Crippen molar-refractivity contribution in [3.8, 4) is 0 Å². The molecule has 41 heavy (non-hydrogen) atoms. The maximum atomic E-state index is 12.6. The Morgan fingerprint density at radius 2 is 1.71 bits per heavy atom. The zero-order valence-electron chi connectivity index (χ0n) is 26.7. The third-order valence-electron chi connectivity index (χ3n) is 5.51. The number of rotatable bonds is 9. The molecule has 7 nitrogen and oxygen atoms in total. The maximum absolute atomic E-state index is 12.6. The number of hydrogen-bond donors (Lipinski definition) is 1. The van der Waals surface area contributed by atoms with E-state index in [2.05, 4.69) is 33.1 Å². The van der Waals surface area contributed by atoms with Crippen molar-refractivity contribution in [3.63, 3.8) is 0 Å². The van der Waals surface area contributed by atoms with E-state index in [1.165, 1.54) is 12.5 Å². The number of likely N-dealkylation sites (N-methyl/N-ethyl adjacent to an activating group) is 1. The summed E-state index contributed by atoms with van der Waals surface area (Å²) in [4.78, 5) is 23.8. The van der Waals surface area contributed by atoms with Crippen molar-refractivity contribution in [2.24, 2.45) is 5.73 Å². The number of halogens is 1. The molecule has 0 spiro atoms. The first-order valence-electron chi connectivity index (χ1n) is 14.5. The van der Waals surface area contributed by atoms with Crippen molar-refractivity contribution >= 4 is 34.4 Å². The Bertz CT molecular complexity index is 954. The normalized spacial score (nSPS) is 17.2. The largest absolute Gasteiger partial charge is 0.370 e. The van der Waals surface area contributed by atoms with Gasteiger partial charge in [-0.1, -0.05) is 94.8 Å². The van der Waals surface area contributed by atoms with E-state index in [1.54, 1.807) is 6.08 Å². The highest BCUT2D eigenvalue weighted by Crippen LogP contribution is 2.31. The van der Waals surface area contributed by atoms with Gasteiger partial charge in [-0.2, -0.15) is 0 Å². The van der Waals surface area contributed by atoms with Crippen LogP contribution in [0.25, 0.3) is 0 Å². The van der Waals surface area contributed by atoms with E-state index in [0.29, 0.717) is 23.4 Å². The van der Waals surface area contributed by atoms with Gasteiger partial charge in [0.2, 0.25) is 11.8 Å². The van der Waals surface area contributed by atoms with Crippen molar-refractivity contribution < 1.29 is 18.5 Å². The molecule has 1 saturated carbocycles. The number of morpholine rings is 1. The van der Waals surface area contributed by atoms with Gasteiger partial charge in [0.05, 0.1) is 23.6 Å². The molecule has 1 aliphatic heterocycles. The van der Waals surface area contributed by atoms with Crippen LogP contribution in [0.5, 0.6) is 0 Å². The molecule has 2 aliphatic rings. The number of hydrogen-bond acceptors (Lipinski definition) is 4. The number of carbonyl (C=O) groups is 2. The van der Waals surface area contributed by atoms with Gasteiger partial charge in [-0.15, -0.1) is 0 Å². The number of nitrogens with zero attached hydrogens (tertiary/aromatic N) is 2. The van der Waals surface area contributed by atoms with E-state index in [9.17, 15) is 13.8 Å². The molecular weight excluding hydrogens is 558 g/mol. The zero-order chi connectivity index (χ0) is 32.0. The summed E-state index contributed by atoms with van der Waals surface area (Å²) in [5, 5.41) is 0.972. The van der Waals surface area contributed by atoms with Crippen LogP contribution in [0.4, 0.5) is 0 Å². The number of allylic oxidation sites excluding steroid dienone is 5. The molecule has 0 bridgehead atoms. The Balaban J connectivity index is 0. The van der Waals surface area contributed by atoms with Crippen LogP contribution in [0.2, 0.25) is 5.02 Å². The summed E-state index contributed by atoms with van der Waals surface area (Å²) in [6, 6.07) is 7.44. The Morgan fingerprint density at radius 1 is 1.17 bits per heavy atom. The zero-order valence-corrected chi connectivity index (χ0v) is 28.3. The van der Waals surface area contributed by atoms with Crippen LogP contribution < -0.4 is 5.73 Å². The molecule has 0 aromatic heterocycles. The third kappa shape index (κ3) is 18.0. The van der Waals surface area contributed by atoms with Crippen molar-refractivity contribution in [2.75, 3.05) is 26.8 Å². The lowest BCUT2D eigenvalue weighted by molar-refractivity contribution is -0.152. The highest BCUT2D eigenvalue weighted by molar-refractivity contribution is 7.83. The van der Waals surface area contributed by atoms with E-state index in [1.807, 2.05) is 86.4 Å². The summed E-state index contributed by atoms with van der Waals surface area (Å²) in [6.45, 7) is 20.2. The summed E-state index contributed by atoms with van der Waals surface area (Å²) in [7, 11) is 0.933. The van der Waals surface area contributed by atoms with E-state index in [-0.39, 0.29) is 30.5 Å². The molecule has 234 valence electrons. The summed E-state index contributed by atoms with van der Waals surface area (Å²) in [5.74, 6) is -0.344. The van der Waals surface area contributed by atoms with Crippen molar-refractivity contribution in [1.29, 1.82) is 0 Å². The molecule has 1 saturated heterocycles. The fourth-order valence-corrected chi connectivity index (χ4v) is 5.11. The van der Waals surface area contributed by atoms with Gasteiger partial charge in [0.15, 0.2) is 0 Å². The average Bonchev–Trinajstić information content (AvgIpc) is 3.80. The third-order valence-corrected chi connectivity index (χ3v) is 7.56. The molecule has 2 fully saturated rings. The van der Waals surface area contributed by atoms with Crippen LogP contribution in [0.1, 0.15) is 86.3 Å². The summed E-state index contributed by atoms with van der Waals surface area (Å²) >= 11 is 5.99. The molecule has 3 atom stereocenters. The minimum atomic E-state index is -0.955. The van der Waals surface area contributed by atoms with Crippen molar-refractivity contribution in [2.45, 2.75) is 92.0 Å². The van der Waals surface area contributed by atoms with Gasteiger partial charge in [0, 0.05) is 29.8 Å². The van der Waals surface area contributed by atoms with Gasteiger partial charge in [0.1, 0.15) is 6.61 Å². The number of amides is 2. The highest BCUT2D eigenvalue weighted by atomic mass is 35.5. The van der Waals surface area contributed by atoms with Crippen molar-refractivity contribution in [3.05, 3.63) is 71.3 Å². The van der Waals surface area contributed by atoms with Crippen LogP contribution in [0.15, 0.2) is 60.7 Å². The van der Waals surface area contributed by atoms with E-state index in [0.717, 1.165) is 24.8 Å². The second-order valence-electron chi connectivity index (χ2n) is 9.21. The standard InChI is InChI=1S/C18H25ClN2O3S.C8H12.C2H5NO.2C2H6/c1-3-15(10-20(2)25(23)16-8-9-16)21-17(11-24-12-18(21)22)13-4-6-14(19)7-5-13;1-4-5-6-7-8(2)3;1-2(3)4;2*1-2/h4-7,15-17H,3,8-12H2,1-2H3;4-7H,1H2,2-3H3;1H3,(H2,3,4);2*1-2H3/b;6-5-;;;. The SMILES string of the molecule is C=C/C=C\C=C(C)C.CC.CC.CC(N)=O.CCC(CN(C)S(=O)C1CC1)N1C(=O)COCC1c1ccc(Cl)cc1. The summed E-state index contributed by atoms with van der Waals surface area (Å²) in [5.41, 5.74) is 6.80. The number of benzene rings is 1. The summed E-state index contributed by atoms with van der Waals surface area (Å²) in [6.07, 6.45) is 10.6. The lowest BCUT2D eigenvalue weighted by atomic mass is 10.0. The average molecular weight is 612 g/mol.